The number of pyridine rings is 1. The van der Waals surface area contributed by atoms with Gasteiger partial charge in [0, 0.05) is 52.7 Å². The van der Waals surface area contributed by atoms with Crippen molar-refractivity contribution in [2.24, 2.45) is 4.36 Å². The highest BCUT2D eigenvalue weighted by Gasteiger charge is 2.22. The van der Waals surface area contributed by atoms with Crippen LogP contribution < -0.4 is 10.1 Å². The molecular weight excluding hydrogens is 398 g/mol. The van der Waals surface area contributed by atoms with E-state index in [2.05, 4.69) is 14.7 Å². The molecule has 1 aromatic heterocycles. The molecular formula is C23H27N3O3S. The van der Waals surface area contributed by atoms with Gasteiger partial charge in [-0.15, -0.1) is 0 Å². The van der Waals surface area contributed by atoms with Crippen LogP contribution in [-0.2, 0) is 9.73 Å². The molecule has 4 rings (SSSR count). The van der Waals surface area contributed by atoms with E-state index in [1.165, 1.54) is 6.42 Å². The Kier molecular flexibility index (Phi) is 5.81. The molecule has 1 fully saturated rings. The van der Waals surface area contributed by atoms with E-state index in [9.17, 15) is 9.32 Å². The number of hydrogen-bond donors (Lipinski definition) is 2. The molecule has 0 saturated heterocycles. The van der Waals surface area contributed by atoms with Gasteiger partial charge >= 0.3 is 0 Å². The van der Waals surface area contributed by atoms with Crippen molar-refractivity contribution in [1.82, 2.24) is 4.98 Å². The molecule has 1 unspecified atom stereocenters. The molecule has 0 amide bonds. The third-order valence-corrected chi connectivity index (χ3v) is 7.87. The first-order valence-electron chi connectivity index (χ1n) is 10.2. The highest BCUT2D eigenvalue weighted by Crippen LogP contribution is 2.33. The zero-order valence-corrected chi connectivity index (χ0v) is 18.1. The quantitative estimate of drug-likeness (QED) is 0.543. The van der Waals surface area contributed by atoms with Gasteiger partial charge in [-0.1, -0.05) is 19.3 Å². The first-order valence-corrected chi connectivity index (χ1v) is 12.2. The molecule has 1 atom stereocenters. The number of nitrogens with zero attached hydrogens (tertiary/aromatic N) is 2. The van der Waals surface area contributed by atoms with Gasteiger partial charge in [0.1, 0.15) is 11.5 Å². The fourth-order valence-electron chi connectivity index (χ4n) is 4.02. The van der Waals surface area contributed by atoms with E-state index in [1.807, 2.05) is 30.3 Å². The van der Waals surface area contributed by atoms with E-state index in [1.54, 1.807) is 31.7 Å². The fraction of sp³-hybridized carbons (Fsp3) is 0.348. The number of hydrogen-bond acceptors (Lipinski definition) is 6. The SMILES string of the molecule is COc1cc(O)cc(Nc2ccnc3ccc(N=S(C)(=O)C4CCCCC4)cc23)c1. The summed E-state index contributed by atoms with van der Waals surface area (Å²) >= 11 is 0. The number of fused-ring (bicyclic) bond motifs is 1. The van der Waals surface area contributed by atoms with Crippen molar-refractivity contribution in [1.29, 1.82) is 0 Å². The molecule has 158 valence electrons. The van der Waals surface area contributed by atoms with Crippen LogP contribution in [0.15, 0.2) is 53.0 Å². The first-order chi connectivity index (χ1) is 14.4. The highest BCUT2D eigenvalue weighted by atomic mass is 32.2. The van der Waals surface area contributed by atoms with Crippen molar-refractivity contribution >= 4 is 37.7 Å². The van der Waals surface area contributed by atoms with Crippen LogP contribution in [0.4, 0.5) is 17.1 Å². The summed E-state index contributed by atoms with van der Waals surface area (Å²) in [6.07, 6.45) is 8.98. The van der Waals surface area contributed by atoms with Crippen LogP contribution in [0.3, 0.4) is 0 Å². The average Bonchev–Trinajstić information content (AvgIpc) is 2.74. The number of aromatic nitrogens is 1. The zero-order chi connectivity index (χ0) is 21.1. The maximum atomic E-state index is 13.3. The minimum atomic E-state index is -2.31. The van der Waals surface area contributed by atoms with Crippen LogP contribution in [0.5, 0.6) is 11.5 Å². The molecule has 0 radical (unpaired) electrons. The number of nitrogens with one attached hydrogen (secondary N) is 1. The van der Waals surface area contributed by atoms with Crippen molar-refractivity contribution in [3.05, 3.63) is 48.7 Å². The number of rotatable bonds is 5. The summed E-state index contributed by atoms with van der Waals surface area (Å²) in [7, 11) is -0.749. The summed E-state index contributed by atoms with van der Waals surface area (Å²) in [5.74, 6) is 0.675. The van der Waals surface area contributed by atoms with Crippen LogP contribution in [0.2, 0.25) is 0 Å². The predicted octanol–water partition coefficient (Wildman–Crippen LogP) is 5.75. The topological polar surface area (TPSA) is 83.8 Å². The van der Waals surface area contributed by atoms with E-state index < -0.39 is 9.73 Å². The van der Waals surface area contributed by atoms with Gasteiger partial charge in [0.25, 0.3) is 0 Å². The lowest BCUT2D eigenvalue weighted by molar-refractivity contribution is 0.408. The van der Waals surface area contributed by atoms with Gasteiger partial charge in [-0.3, -0.25) is 4.98 Å². The first kappa shape index (κ1) is 20.5. The molecule has 0 bridgehead atoms. The Morgan fingerprint density at radius 2 is 1.93 bits per heavy atom. The standard InChI is InChI=1S/C23H27N3O3S/c1-29-19-13-17(12-18(27)15-19)25-23-10-11-24-22-9-8-16(14-21(22)23)26-30(2,28)20-6-4-3-5-7-20/h8-15,20,27H,3-7H2,1-2H3,(H,24,25). The van der Waals surface area contributed by atoms with E-state index >= 15 is 0 Å². The van der Waals surface area contributed by atoms with E-state index in [-0.39, 0.29) is 11.0 Å². The number of benzene rings is 2. The van der Waals surface area contributed by atoms with Gasteiger partial charge in [0.05, 0.1) is 28.0 Å². The second-order valence-electron chi connectivity index (χ2n) is 7.82. The summed E-state index contributed by atoms with van der Waals surface area (Å²) in [6, 6.07) is 12.6. The Labute approximate surface area is 177 Å². The van der Waals surface area contributed by atoms with E-state index in [0.29, 0.717) is 17.1 Å². The molecule has 1 heterocycles. The number of anilines is 2. The average molecular weight is 426 g/mol. The van der Waals surface area contributed by atoms with Crippen molar-refractivity contribution in [3.63, 3.8) is 0 Å². The summed E-state index contributed by atoms with van der Waals surface area (Å²) in [4.78, 5) is 4.44. The third kappa shape index (κ3) is 4.51. The Balaban J connectivity index is 1.71. The minimum Gasteiger partial charge on any atom is -0.508 e. The summed E-state index contributed by atoms with van der Waals surface area (Å²) in [5, 5.41) is 14.3. The molecule has 30 heavy (non-hydrogen) atoms. The van der Waals surface area contributed by atoms with Gasteiger partial charge < -0.3 is 15.2 Å². The molecule has 1 aliphatic rings. The van der Waals surface area contributed by atoms with Crippen LogP contribution in [0.1, 0.15) is 32.1 Å². The summed E-state index contributed by atoms with van der Waals surface area (Å²) in [5.41, 5.74) is 3.03. The number of methoxy groups -OCH3 is 1. The lowest BCUT2D eigenvalue weighted by Crippen LogP contribution is -2.22. The van der Waals surface area contributed by atoms with Crippen molar-refractivity contribution in [2.45, 2.75) is 37.4 Å². The lowest BCUT2D eigenvalue weighted by atomic mass is 10.0. The number of aromatic hydroxyl groups is 1. The Morgan fingerprint density at radius 3 is 2.70 bits per heavy atom. The van der Waals surface area contributed by atoms with E-state index in [0.717, 1.165) is 42.3 Å². The van der Waals surface area contributed by atoms with Crippen molar-refractivity contribution in [3.8, 4) is 11.5 Å². The fourth-order valence-corrected chi connectivity index (χ4v) is 5.90. The molecule has 0 spiro atoms. The molecule has 0 aliphatic heterocycles. The smallest absolute Gasteiger partial charge is 0.124 e. The second kappa shape index (κ2) is 8.52. The monoisotopic (exact) mass is 425 g/mol. The van der Waals surface area contributed by atoms with Gasteiger partial charge in [0.2, 0.25) is 0 Å². The number of phenolic OH excluding ortho intramolecular Hbond substituents is 1. The molecule has 2 aromatic carbocycles. The molecule has 7 heteroatoms. The highest BCUT2D eigenvalue weighted by molar-refractivity contribution is 7.93. The summed E-state index contributed by atoms with van der Waals surface area (Å²) in [6.45, 7) is 0. The lowest BCUT2D eigenvalue weighted by Gasteiger charge is -2.22. The predicted molar refractivity (Wildman–Crippen MR) is 123 cm³/mol. The van der Waals surface area contributed by atoms with Crippen LogP contribution >= 0.6 is 0 Å². The van der Waals surface area contributed by atoms with Crippen LogP contribution in [-0.4, -0.2) is 32.9 Å². The maximum Gasteiger partial charge on any atom is 0.124 e. The van der Waals surface area contributed by atoms with Crippen LogP contribution in [0, 0.1) is 0 Å². The third-order valence-electron chi connectivity index (χ3n) is 5.59. The Hall–Kier alpha value is -2.80. The molecule has 3 aromatic rings. The van der Waals surface area contributed by atoms with Gasteiger partial charge in [0.15, 0.2) is 0 Å². The normalized spacial score (nSPS) is 16.7. The molecule has 2 N–H and O–H groups in total. The van der Waals surface area contributed by atoms with E-state index in [4.69, 9.17) is 4.74 Å². The van der Waals surface area contributed by atoms with Crippen molar-refractivity contribution in [2.75, 3.05) is 18.7 Å². The van der Waals surface area contributed by atoms with Crippen LogP contribution in [0.25, 0.3) is 10.9 Å². The zero-order valence-electron chi connectivity index (χ0n) is 17.3. The van der Waals surface area contributed by atoms with Gasteiger partial charge in [-0.05, 0) is 37.1 Å². The van der Waals surface area contributed by atoms with Crippen molar-refractivity contribution < 1.29 is 14.1 Å². The Morgan fingerprint density at radius 1 is 1.13 bits per heavy atom. The largest absolute Gasteiger partial charge is 0.508 e. The maximum absolute atomic E-state index is 13.3. The summed E-state index contributed by atoms with van der Waals surface area (Å²) < 4.78 is 23.2. The second-order valence-corrected chi connectivity index (χ2v) is 10.4. The molecule has 6 nitrogen and oxygen atoms in total. The molecule has 1 saturated carbocycles. The van der Waals surface area contributed by atoms with Gasteiger partial charge in [-0.2, -0.15) is 4.36 Å². The number of ether oxygens (including phenoxy) is 1. The minimum absolute atomic E-state index is 0.115. The van der Waals surface area contributed by atoms with Gasteiger partial charge in [-0.25, -0.2) is 4.21 Å². The molecule has 1 aliphatic carbocycles. The Bertz CT molecular complexity index is 1180. The number of phenols is 1.